The summed E-state index contributed by atoms with van der Waals surface area (Å²) in [7, 11) is 0. The van der Waals surface area contributed by atoms with Gasteiger partial charge in [0.05, 0.1) is 17.5 Å². The van der Waals surface area contributed by atoms with Gasteiger partial charge in [-0.15, -0.1) is 11.3 Å². The van der Waals surface area contributed by atoms with Crippen molar-refractivity contribution in [3.8, 4) is 0 Å². The fourth-order valence-electron chi connectivity index (χ4n) is 2.56. The minimum absolute atomic E-state index is 0.122. The molecule has 0 bridgehead atoms. The Labute approximate surface area is 159 Å². The van der Waals surface area contributed by atoms with Crippen molar-refractivity contribution in [1.29, 1.82) is 0 Å². The molecule has 0 saturated carbocycles. The first-order valence-electron chi connectivity index (χ1n) is 8.17. The maximum Gasteiger partial charge on any atom is 0.340 e. The standard InChI is InChI=1S/C20H17NO5S/c1-12-10-15(13(2)27-12)17(22)11-26-20(24)14-6-3-4-7-16(14)21-19(23)18-8-5-9-25-18/h3-10H,11H2,1-2H3,(H,21,23). The van der Waals surface area contributed by atoms with Crippen LogP contribution in [-0.2, 0) is 4.74 Å². The number of carbonyl (C=O) groups is 3. The molecule has 0 aliphatic rings. The highest BCUT2D eigenvalue weighted by atomic mass is 32.1. The second kappa shape index (κ2) is 8.01. The third-order valence-electron chi connectivity index (χ3n) is 3.82. The lowest BCUT2D eigenvalue weighted by atomic mass is 10.1. The van der Waals surface area contributed by atoms with Gasteiger partial charge in [0.1, 0.15) is 0 Å². The number of nitrogens with one attached hydrogen (secondary N) is 1. The zero-order valence-electron chi connectivity index (χ0n) is 14.8. The lowest BCUT2D eigenvalue weighted by molar-refractivity contribution is 0.0475. The predicted molar refractivity (Wildman–Crippen MR) is 102 cm³/mol. The third kappa shape index (κ3) is 4.32. The average molecular weight is 383 g/mol. The summed E-state index contributed by atoms with van der Waals surface area (Å²) in [5, 5.41) is 2.61. The number of ketones is 1. The molecule has 0 atom stereocenters. The number of ether oxygens (including phenoxy) is 1. The van der Waals surface area contributed by atoms with Gasteiger partial charge >= 0.3 is 5.97 Å². The summed E-state index contributed by atoms with van der Waals surface area (Å²) in [4.78, 5) is 38.7. The highest BCUT2D eigenvalue weighted by Gasteiger charge is 2.19. The zero-order chi connectivity index (χ0) is 19.4. The van der Waals surface area contributed by atoms with Crippen molar-refractivity contribution in [3.63, 3.8) is 0 Å². The van der Waals surface area contributed by atoms with Crippen molar-refractivity contribution < 1.29 is 23.5 Å². The average Bonchev–Trinajstić information content (AvgIpc) is 3.29. The van der Waals surface area contributed by atoms with Gasteiger partial charge in [0, 0.05) is 15.3 Å². The summed E-state index contributed by atoms with van der Waals surface area (Å²) < 4.78 is 10.2. The number of amides is 1. The Bertz CT molecular complexity index is 988. The van der Waals surface area contributed by atoms with Gasteiger partial charge in [-0.1, -0.05) is 12.1 Å². The van der Waals surface area contributed by atoms with Crippen LogP contribution in [0.15, 0.2) is 53.1 Å². The first-order chi connectivity index (χ1) is 13.0. The van der Waals surface area contributed by atoms with Crippen LogP contribution in [0.2, 0.25) is 0 Å². The Kier molecular flexibility index (Phi) is 5.52. The van der Waals surface area contributed by atoms with Crippen molar-refractivity contribution >= 4 is 34.7 Å². The summed E-state index contributed by atoms with van der Waals surface area (Å²) in [5.41, 5.74) is 0.993. The van der Waals surface area contributed by atoms with Crippen molar-refractivity contribution in [2.24, 2.45) is 0 Å². The number of carbonyl (C=O) groups excluding carboxylic acids is 3. The van der Waals surface area contributed by atoms with Crippen LogP contribution in [0.25, 0.3) is 0 Å². The van der Waals surface area contributed by atoms with Crippen LogP contribution >= 0.6 is 11.3 Å². The lowest BCUT2D eigenvalue weighted by Crippen LogP contribution is -2.18. The molecule has 7 heteroatoms. The number of rotatable bonds is 6. The highest BCUT2D eigenvalue weighted by Crippen LogP contribution is 2.22. The Morgan fingerprint density at radius 3 is 2.52 bits per heavy atom. The van der Waals surface area contributed by atoms with Gasteiger partial charge in [0.15, 0.2) is 12.4 Å². The molecule has 0 fully saturated rings. The summed E-state index contributed by atoms with van der Waals surface area (Å²) >= 11 is 1.52. The van der Waals surface area contributed by atoms with Gasteiger partial charge in [-0.2, -0.15) is 0 Å². The molecule has 1 N–H and O–H groups in total. The maximum atomic E-state index is 12.4. The van der Waals surface area contributed by atoms with Crippen molar-refractivity contribution in [1.82, 2.24) is 0 Å². The topological polar surface area (TPSA) is 85.6 Å². The molecule has 138 valence electrons. The van der Waals surface area contributed by atoms with Crippen LogP contribution in [0.5, 0.6) is 0 Å². The second-order valence-electron chi connectivity index (χ2n) is 5.80. The number of thiophene rings is 1. The fourth-order valence-corrected chi connectivity index (χ4v) is 3.50. The second-order valence-corrected chi connectivity index (χ2v) is 7.26. The molecule has 1 amide bonds. The van der Waals surface area contributed by atoms with Crippen molar-refractivity contribution in [2.45, 2.75) is 13.8 Å². The number of hydrogen-bond acceptors (Lipinski definition) is 6. The van der Waals surface area contributed by atoms with E-state index in [1.165, 1.54) is 29.7 Å². The lowest BCUT2D eigenvalue weighted by Gasteiger charge is -2.10. The molecule has 0 spiro atoms. The molecule has 0 aliphatic heterocycles. The molecule has 0 aliphatic carbocycles. The number of hydrogen-bond donors (Lipinski definition) is 1. The van der Waals surface area contributed by atoms with E-state index in [9.17, 15) is 14.4 Å². The Hall–Kier alpha value is -3.19. The molecule has 3 rings (SSSR count). The molecule has 1 aromatic carbocycles. The first kappa shape index (κ1) is 18.6. The van der Waals surface area contributed by atoms with Crippen molar-refractivity contribution in [3.05, 3.63) is 75.4 Å². The summed E-state index contributed by atoms with van der Waals surface area (Å²) in [6.45, 7) is 3.40. The molecule has 0 saturated heterocycles. The number of anilines is 1. The van der Waals surface area contributed by atoms with Gasteiger partial charge in [0.2, 0.25) is 5.78 Å². The van der Waals surface area contributed by atoms with Gasteiger partial charge in [0.25, 0.3) is 5.91 Å². The molecular formula is C20H17NO5S. The molecule has 0 unspecified atom stereocenters. The smallest absolute Gasteiger partial charge is 0.340 e. The summed E-state index contributed by atoms with van der Waals surface area (Å²) in [6.07, 6.45) is 1.38. The molecule has 6 nitrogen and oxygen atoms in total. The Morgan fingerprint density at radius 1 is 1.07 bits per heavy atom. The van der Waals surface area contributed by atoms with E-state index < -0.39 is 11.9 Å². The monoisotopic (exact) mass is 383 g/mol. The van der Waals surface area contributed by atoms with E-state index in [0.29, 0.717) is 5.56 Å². The number of furan rings is 1. The van der Waals surface area contributed by atoms with E-state index in [0.717, 1.165) is 9.75 Å². The highest BCUT2D eigenvalue weighted by molar-refractivity contribution is 7.12. The zero-order valence-corrected chi connectivity index (χ0v) is 15.6. The van der Waals surface area contributed by atoms with Gasteiger partial charge in [-0.25, -0.2) is 4.79 Å². The number of aryl methyl sites for hydroxylation is 2. The largest absolute Gasteiger partial charge is 0.459 e. The Balaban J connectivity index is 1.69. The van der Waals surface area contributed by atoms with E-state index >= 15 is 0 Å². The molecule has 2 aromatic heterocycles. The minimum atomic E-state index is -0.691. The van der Waals surface area contributed by atoms with E-state index in [1.54, 1.807) is 30.3 Å². The van der Waals surface area contributed by atoms with Crippen LogP contribution in [0.4, 0.5) is 5.69 Å². The molecule has 27 heavy (non-hydrogen) atoms. The molecule has 3 aromatic rings. The number of esters is 1. The van der Waals surface area contributed by atoms with E-state index in [4.69, 9.17) is 9.15 Å². The fraction of sp³-hybridized carbons (Fsp3) is 0.150. The molecule has 0 radical (unpaired) electrons. The van der Waals surface area contributed by atoms with E-state index in [-0.39, 0.29) is 29.4 Å². The summed E-state index contributed by atoms with van der Waals surface area (Å²) in [5.74, 6) is -1.32. The molecular weight excluding hydrogens is 366 g/mol. The number of Topliss-reactive ketones (excluding diaryl/α,β-unsaturated/α-hetero) is 1. The van der Waals surface area contributed by atoms with Gasteiger partial charge in [-0.3, -0.25) is 9.59 Å². The SMILES string of the molecule is Cc1cc(C(=O)COC(=O)c2ccccc2NC(=O)c2ccco2)c(C)s1. The van der Waals surface area contributed by atoms with E-state index in [1.807, 2.05) is 13.8 Å². The van der Waals surface area contributed by atoms with Crippen molar-refractivity contribution in [2.75, 3.05) is 11.9 Å². The van der Waals surface area contributed by atoms with Crippen LogP contribution in [0, 0.1) is 13.8 Å². The Morgan fingerprint density at radius 2 is 1.85 bits per heavy atom. The minimum Gasteiger partial charge on any atom is -0.459 e. The number of para-hydroxylation sites is 1. The van der Waals surface area contributed by atoms with E-state index in [2.05, 4.69) is 5.32 Å². The quantitative estimate of drug-likeness (QED) is 0.508. The third-order valence-corrected chi connectivity index (χ3v) is 4.78. The van der Waals surface area contributed by atoms with Crippen LogP contribution < -0.4 is 5.32 Å². The van der Waals surface area contributed by atoms with Crippen LogP contribution in [-0.4, -0.2) is 24.3 Å². The van der Waals surface area contributed by atoms with Gasteiger partial charge in [-0.05, 0) is 44.2 Å². The van der Waals surface area contributed by atoms with Gasteiger partial charge < -0.3 is 14.5 Å². The van der Waals surface area contributed by atoms with Crippen LogP contribution in [0.1, 0.15) is 41.0 Å². The first-order valence-corrected chi connectivity index (χ1v) is 8.98. The predicted octanol–water partition coefficient (Wildman–Crippen LogP) is 4.25. The maximum absolute atomic E-state index is 12.4. The summed E-state index contributed by atoms with van der Waals surface area (Å²) in [6, 6.07) is 11.3. The number of benzene rings is 1. The molecule has 2 heterocycles. The van der Waals surface area contributed by atoms with Crippen LogP contribution in [0.3, 0.4) is 0 Å². The normalized spacial score (nSPS) is 10.4.